The highest BCUT2D eigenvalue weighted by Gasteiger charge is 2.19. The number of aryl methyl sites for hydroxylation is 1. The van der Waals surface area contributed by atoms with Crippen LogP contribution in [0.5, 0.6) is 0 Å². The molecule has 0 atom stereocenters. The zero-order valence-electron chi connectivity index (χ0n) is 10.3. The average Bonchev–Trinajstić information content (AvgIpc) is 2.96. The van der Waals surface area contributed by atoms with Gasteiger partial charge in [0.25, 0.3) is 10.0 Å². The van der Waals surface area contributed by atoms with Gasteiger partial charge >= 0.3 is 0 Å². The molecule has 0 aromatic carbocycles. The molecule has 19 heavy (non-hydrogen) atoms. The van der Waals surface area contributed by atoms with E-state index in [0.29, 0.717) is 6.54 Å². The van der Waals surface area contributed by atoms with Crippen LogP contribution in [0, 0.1) is 0 Å². The molecule has 0 aliphatic carbocycles. The Morgan fingerprint density at radius 1 is 1.53 bits per heavy atom. The molecule has 0 bridgehead atoms. The molecule has 1 N–H and O–H groups in total. The van der Waals surface area contributed by atoms with Crippen LogP contribution in [0.3, 0.4) is 0 Å². The van der Waals surface area contributed by atoms with Crippen LogP contribution in [0.2, 0.25) is 0 Å². The molecule has 2 rings (SSSR count). The number of nitrogens with one attached hydrogen (secondary N) is 1. The number of hydrogen-bond donors (Lipinski definition) is 1. The molecule has 0 aliphatic heterocycles. The number of anilines is 1. The molecule has 0 aliphatic rings. The van der Waals surface area contributed by atoms with E-state index in [-0.39, 0.29) is 21.6 Å². The number of ketones is 1. The minimum atomic E-state index is -3.76. The highest BCUT2D eigenvalue weighted by Crippen LogP contribution is 2.19. The lowest BCUT2D eigenvalue weighted by atomic mass is 10.4. The minimum Gasteiger partial charge on any atom is -0.336 e. The molecule has 0 amide bonds. The number of imidazole rings is 1. The van der Waals surface area contributed by atoms with Gasteiger partial charge in [-0.3, -0.25) is 9.52 Å². The van der Waals surface area contributed by atoms with Crippen LogP contribution in [0.4, 0.5) is 5.13 Å². The van der Waals surface area contributed by atoms with E-state index in [9.17, 15) is 13.2 Å². The van der Waals surface area contributed by atoms with Crippen molar-refractivity contribution in [2.75, 3.05) is 4.72 Å². The summed E-state index contributed by atoms with van der Waals surface area (Å²) in [6, 6.07) is 0. The normalized spacial score (nSPS) is 11.5. The molecule has 7 nitrogen and oxygen atoms in total. The van der Waals surface area contributed by atoms with Crippen molar-refractivity contribution in [3.05, 3.63) is 23.6 Å². The fraction of sp³-hybridized carbons (Fsp3) is 0.300. The van der Waals surface area contributed by atoms with Crippen molar-refractivity contribution >= 4 is 32.3 Å². The largest absolute Gasteiger partial charge is 0.336 e. The lowest BCUT2D eigenvalue weighted by Gasteiger charge is -2.00. The van der Waals surface area contributed by atoms with Crippen molar-refractivity contribution in [2.24, 2.45) is 0 Å². The van der Waals surface area contributed by atoms with E-state index in [1.165, 1.54) is 24.8 Å². The molecule has 2 aromatic heterocycles. The van der Waals surface area contributed by atoms with Gasteiger partial charge in [-0.2, -0.15) is 8.42 Å². The standard InChI is InChI=1S/C10H12N4O3S2/c1-3-14-4-9(11-6-14)19(16,17)13-10-12-8(5-18-10)7(2)15/h4-6H,3H2,1-2H3,(H,12,13). The van der Waals surface area contributed by atoms with Crippen molar-refractivity contribution in [3.63, 3.8) is 0 Å². The lowest BCUT2D eigenvalue weighted by Crippen LogP contribution is -2.13. The minimum absolute atomic E-state index is 0.0751. The molecular weight excluding hydrogens is 288 g/mol. The van der Waals surface area contributed by atoms with Crippen LogP contribution in [-0.4, -0.2) is 28.7 Å². The van der Waals surface area contributed by atoms with Crippen LogP contribution in [0.1, 0.15) is 24.3 Å². The predicted molar refractivity (Wildman–Crippen MR) is 70.8 cm³/mol. The molecule has 102 valence electrons. The van der Waals surface area contributed by atoms with E-state index < -0.39 is 10.0 Å². The van der Waals surface area contributed by atoms with Gasteiger partial charge < -0.3 is 4.57 Å². The molecule has 0 radical (unpaired) electrons. The molecular formula is C10H12N4O3S2. The molecule has 2 aromatic rings. The quantitative estimate of drug-likeness (QED) is 0.841. The van der Waals surface area contributed by atoms with Gasteiger partial charge in [0.2, 0.25) is 0 Å². The maximum Gasteiger partial charge on any atom is 0.282 e. The third kappa shape index (κ3) is 2.99. The van der Waals surface area contributed by atoms with Gasteiger partial charge in [-0.25, -0.2) is 9.97 Å². The maximum absolute atomic E-state index is 12.0. The summed E-state index contributed by atoms with van der Waals surface area (Å²) in [4.78, 5) is 18.8. The van der Waals surface area contributed by atoms with Gasteiger partial charge in [-0.05, 0) is 6.92 Å². The first-order chi connectivity index (χ1) is 8.92. The number of carbonyl (C=O) groups is 1. The summed E-state index contributed by atoms with van der Waals surface area (Å²) in [5, 5.41) is 1.58. The molecule has 9 heteroatoms. The number of sulfonamides is 1. The van der Waals surface area contributed by atoms with Crippen molar-refractivity contribution in [1.29, 1.82) is 0 Å². The van der Waals surface area contributed by atoms with Crippen LogP contribution >= 0.6 is 11.3 Å². The summed E-state index contributed by atoms with van der Waals surface area (Å²) < 4.78 is 28.0. The van der Waals surface area contributed by atoms with Gasteiger partial charge in [-0.15, -0.1) is 11.3 Å². The Morgan fingerprint density at radius 3 is 2.79 bits per heavy atom. The third-order valence-corrected chi connectivity index (χ3v) is 4.45. The summed E-state index contributed by atoms with van der Waals surface area (Å²) in [6.45, 7) is 3.88. The van der Waals surface area contributed by atoms with Crippen molar-refractivity contribution in [3.8, 4) is 0 Å². The van der Waals surface area contributed by atoms with Crippen LogP contribution in [0.15, 0.2) is 22.9 Å². The summed E-state index contributed by atoms with van der Waals surface area (Å²) in [7, 11) is -3.76. The van der Waals surface area contributed by atoms with E-state index in [1.54, 1.807) is 4.57 Å². The fourth-order valence-electron chi connectivity index (χ4n) is 1.30. The Hall–Kier alpha value is -1.74. The first kappa shape index (κ1) is 13.7. The zero-order valence-corrected chi connectivity index (χ0v) is 12.0. The lowest BCUT2D eigenvalue weighted by molar-refractivity contribution is 0.101. The zero-order chi connectivity index (χ0) is 14.0. The summed E-state index contributed by atoms with van der Waals surface area (Å²) in [5.74, 6) is -0.211. The SMILES string of the molecule is CCn1cnc(S(=O)(=O)Nc2nc(C(C)=O)cs2)c1. The molecule has 0 spiro atoms. The Labute approximate surface area is 114 Å². The smallest absolute Gasteiger partial charge is 0.282 e. The number of hydrogen-bond acceptors (Lipinski definition) is 6. The number of carbonyl (C=O) groups excluding carboxylic acids is 1. The topological polar surface area (TPSA) is 93.9 Å². The fourth-order valence-corrected chi connectivity index (χ4v) is 3.26. The maximum atomic E-state index is 12.0. The Kier molecular flexibility index (Phi) is 3.67. The van der Waals surface area contributed by atoms with Crippen molar-refractivity contribution < 1.29 is 13.2 Å². The second-order valence-electron chi connectivity index (χ2n) is 3.74. The van der Waals surface area contributed by atoms with Gasteiger partial charge in [0.1, 0.15) is 5.69 Å². The van der Waals surface area contributed by atoms with Crippen molar-refractivity contribution in [1.82, 2.24) is 14.5 Å². The second-order valence-corrected chi connectivity index (χ2v) is 6.23. The molecule has 2 heterocycles. The molecule has 0 saturated carbocycles. The number of aromatic nitrogens is 3. The first-order valence-corrected chi connectivity index (χ1v) is 7.79. The Balaban J connectivity index is 2.23. The Bertz CT molecular complexity index is 702. The van der Waals surface area contributed by atoms with E-state index in [4.69, 9.17) is 0 Å². The monoisotopic (exact) mass is 300 g/mol. The first-order valence-electron chi connectivity index (χ1n) is 5.43. The third-order valence-electron chi connectivity index (χ3n) is 2.34. The highest BCUT2D eigenvalue weighted by molar-refractivity contribution is 7.92. The number of rotatable bonds is 5. The van der Waals surface area contributed by atoms with Gasteiger partial charge in [0, 0.05) is 25.0 Å². The van der Waals surface area contributed by atoms with E-state index >= 15 is 0 Å². The number of nitrogens with zero attached hydrogens (tertiary/aromatic N) is 3. The van der Waals surface area contributed by atoms with Crippen LogP contribution in [-0.2, 0) is 16.6 Å². The summed E-state index contributed by atoms with van der Waals surface area (Å²) >= 11 is 1.06. The average molecular weight is 300 g/mol. The summed E-state index contributed by atoms with van der Waals surface area (Å²) in [5.41, 5.74) is 0.238. The Morgan fingerprint density at radius 2 is 2.26 bits per heavy atom. The second kappa shape index (κ2) is 5.10. The summed E-state index contributed by atoms with van der Waals surface area (Å²) in [6.07, 6.45) is 2.87. The molecule has 0 fully saturated rings. The van der Waals surface area contributed by atoms with E-state index in [1.807, 2.05) is 6.92 Å². The van der Waals surface area contributed by atoms with Crippen LogP contribution < -0.4 is 4.72 Å². The van der Waals surface area contributed by atoms with Crippen LogP contribution in [0.25, 0.3) is 0 Å². The molecule has 0 saturated heterocycles. The van der Waals surface area contributed by atoms with Crippen molar-refractivity contribution in [2.45, 2.75) is 25.4 Å². The van der Waals surface area contributed by atoms with Gasteiger partial charge in [0.05, 0.1) is 6.33 Å². The molecule has 0 unspecified atom stereocenters. The number of Topliss-reactive ketones (excluding diaryl/α,β-unsaturated/α-hetero) is 1. The van der Waals surface area contributed by atoms with Gasteiger partial charge in [0.15, 0.2) is 15.9 Å². The predicted octanol–water partition coefficient (Wildman–Crippen LogP) is 1.36. The van der Waals surface area contributed by atoms with E-state index in [2.05, 4.69) is 14.7 Å². The number of thiazole rings is 1. The highest BCUT2D eigenvalue weighted by atomic mass is 32.2. The van der Waals surface area contributed by atoms with Gasteiger partial charge in [-0.1, -0.05) is 0 Å². The van der Waals surface area contributed by atoms with E-state index in [0.717, 1.165) is 11.3 Å².